The van der Waals surface area contributed by atoms with Gasteiger partial charge in [0.1, 0.15) is 0 Å². The van der Waals surface area contributed by atoms with Gasteiger partial charge in [-0.1, -0.05) is 0 Å². The van der Waals surface area contributed by atoms with Crippen LogP contribution in [0.1, 0.15) is 13.8 Å². The SMILES string of the molecule is CC1(C)OC[C@H](CN)O1. The fourth-order valence-electron chi connectivity index (χ4n) is 0.879. The molecule has 1 aliphatic rings. The van der Waals surface area contributed by atoms with Crippen molar-refractivity contribution in [3.8, 4) is 0 Å². The Morgan fingerprint density at radius 1 is 1.67 bits per heavy atom. The lowest BCUT2D eigenvalue weighted by molar-refractivity contribution is -0.137. The van der Waals surface area contributed by atoms with Crippen molar-refractivity contribution in [1.29, 1.82) is 0 Å². The third kappa shape index (κ3) is 1.64. The molecule has 0 aromatic heterocycles. The Balaban J connectivity index is 2.38. The van der Waals surface area contributed by atoms with Gasteiger partial charge in [0.15, 0.2) is 5.79 Å². The minimum atomic E-state index is -0.413. The Morgan fingerprint density at radius 3 is 2.56 bits per heavy atom. The lowest BCUT2D eigenvalue weighted by Crippen LogP contribution is -2.26. The summed E-state index contributed by atoms with van der Waals surface area (Å²) in [5.74, 6) is -0.413. The number of ether oxygens (including phenoxy) is 2. The first kappa shape index (κ1) is 6.99. The van der Waals surface area contributed by atoms with Gasteiger partial charge in [-0.2, -0.15) is 0 Å². The zero-order chi connectivity index (χ0) is 6.91. The van der Waals surface area contributed by atoms with E-state index in [2.05, 4.69) is 0 Å². The highest BCUT2D eigenvalue weighted by molar-refractivity contribution is 4.70. The maximum absolute atomic E-state index is 5.35. The highest BCUT2D eigenvalue weighted by atomic mass is 16.7. The van der Waals surface area contributed by atoms with Crippen LogP contribution in [0.2, 0.25) is 0 Å². The van der Waals surface area contributed by atoms with Crippen LogP contribution in [-0.2, 0) is 9.47 Å². The number of rotatable bonds is 1. The standard InChI is InChI=1S/C6H13NO2/c1-6(2)8-4-5(3-7)9-6/h5H,3-4,7H2,1-2H3/t5-/m0/s1. The van der Waals surface area contributed by atoms with E-state index in [1.165, 1.54) is 0 Å². The molecule has 1 aliphatic heterocycles. The van der Waals surface area contributed by atoms with E-state index in [0.29, 0.717) is 13.2 Å². The normalized spacial score (nSPS) is 33.0. The summed E-state index contributed by atoms with van der Waals surface area (Å²) in [6.07, 6.45) is 0.0972. The van der Waals surface area contributed by atoms with Crippen molar-refractivity contribution in [1.82, 2.24) is 0 Å². The second-order valence-electron chi connectivity index (χ2n) is 2.69. The largest absolute Gasteiger partial charge is 0.348 e. The van der Waals surface area contributed by atoms with Gasteiger partial charge in [-0.25, -0.2) is 0 Å². The first-order valence-electron chi connectivity index (χ1n) is 3.16. The van der Waals surface area contributed by atoms with Crippen LogP contribution < -0.4 is 5.73 Å². The minimum absolute atomic E-state index is 0.0972. The van der Waals surface area contributed by atoms with Crippen molar-refractivity contribution in [2.24, 2.45) is 5.73 Å². The number of nitrogens with two attached hydrogens (primary N) is 1. The van der Waals surface area contributed by atoms with Crippen LogP contribution in [0.4, 0.5) is 0 Å². The number of hydrogen-bond donors (Lipinski definition) is 1. The Kier molecular flexibility index (Phi) is 1.75. The highest BCUT2D eigenvalue weighted by Crippen LogP contribution is 2.20. The van der Waals surface area contributed by atoms with E-state index in [4.69, 9.17) is 15.2 Å². The van der Waals surface area contributed by atoms with Crippen LogP contribution in [0.5, 0.6) is 0 Å². The van der Waals surface area contributed by atoms with E-state index < -0.39 is 5.79 Å². The summed E-state index contributed by atoms with van der Waals surface area (Å²) in [6.45, 7) is 4.96. The average molecular weight is 131 g/mol. The van der Waals surface area contributed by atoms with E-state index in [1.807, 2.05) is 13.8 Å². The maximum Gasteiger partial charge on any atom is 0.163 e. The summed E-state index contributed by atoms with van der Waals surface area (Å²) < 4.78 is 10.6. The van der Waals surface area contributed by atoms with Gasteiger partial charge >= 0.3 is 0 Å². The fourth-order valence-corrected chi connectivity index (χ4v) is 0.879. The van der Waals surface area contributed by atoms with E-state index >= 15 is 0 Å². The molecule has 2 N–H and O–H groups in total. The summed E-state index contributed by atoms with van der Waals surface area (Å²) in [5.41, 5.74) is 5.35. The summed E-state index contributed by atoms with van der Waals surface area (Å²) in [5, 5.41) is 0. The summed E-state index contributed by atoms with van der Waals surface area (Å²) in [4.78, 5) is 0. The molecule has 9 heavy (non-hydrogen) atoms. The molecule has 3 nitrogen and oxygen atoms in total. The van der Waals surface area contributed by atoms with Gasteiger partial charge in [-0.15, -0.1) is 0 Å². The molecule has 1 saturated heterocycles. The fraction of sp³-hybridized carbons (Fsp3) is 1.00. The lowest BCUT2D eigenvalue weighted by atomic mass is 10.4. The molecule has 3 heteroatoms. The first-order valence-corrected chi connectivity index (χ1v) is 3.16. The predicted octanol–water partition coefficient (Wildman–Crippen LogP) is 0.0966. The number of hydrogen-bond acceptors (Lipinski definition) is 3. The zero-order valence-corrected chi connectivity index (χ0v) is 5.89. The van der Waals surface area contributed by atoms with Crippen LogP contribution in [-0.4, -0.2) is 25.0 Å². The second-order valence-corrected chi connectivity index (χ2v) is 2.69. The lowest BCUT2D eigenvalue weighted by Gasteiger charge is -2.15. The van der Waals surface area contributed by atoms with Crippen LogP contribution in [0.15, 0.2) is 0 Å². The van der Waals surface area contributed by atoms with E-state index in [9.17, 15) is 0 Å². The molecule has 0 amide bonds. The van der Waals surface area contributed by atoms with Crippen molar-refractivity contribution >= 4 is 0 Å². The van der Waals surface area contributed by atoms with Gasteiger partial charge in [0.2, 0.25) is 0 Å². The molecule has 0 radical (unpaired) electrons. The Morgan fingerprint density at radius 2 is 2.33 bits per heavy atom. The zero-order valence-electron chi connectivity index (χ0n) is 5.89. The molecule has 0 aliphatic carbocycles. The van der Waals surface area contributed by atoms with E-state index in [0.717, 1.165) is 0 Å². The summed E-state index contributed by atoms with van der Waals surface area (Å²) in [7, 11) is 0. The first-order chi connectivity index (χ1) is 4.14. The summed E-state index contributed by atoms with van der Waals surface area (Å²) >= 11 is 0. The molecule has 1 fully saturated rings. The smallest absolute Gasteiger partial charge is 0.163 e. The third-order valence-electron chi connectivity index (χ3n) is 1.33. The third-order valence-corrected chi connectivity index (χ3v) is 1.33. The van der Waals surface area contributed by atoms with Gasteiger partial charge in [0, 0.05) is 6.54 Å². The molecule has 0 unspecified atom stereocenters. The average Bonchev–Trinajstić information content (AvgIpc) is 2.10. The topological polar surface area (TPSA) is 44.5 Å². The molecular formula is C6H13NO2. The maximum atomic E-state index is 5.35. The second kappa shape index (κ2) is 2.25. The Hall–Kier alpha value is -0.120. The highest BCUT2D eigenvalue weighted by Gasteiger charge is 2.31. The molecule has 1 rings (SSSR count). The van der Waals surface area contributed by atoms with Crippen molar-refractivity contribution in [2.75, 3.05) is 13.2 Å². The van der Waals surface area contributed by atoms with Gasteiger partial charge in [0.05, 0.1) is 12.7 Å². The Bertz CT molecular complexity index is 103. The van der Waals surface area contributed by atoms with Gasteiger partial charge in [-0.05, 0) is 13.8 Å². The van der Waals surface area contributed by atoms with E-state index in [-0.39, 0.29) is 6.10 Å². The van der Waals surface area contributed by atoms with E-state index in [1.54, 1.807) is 0 Å². The molecule has 0 bridgehead atoms. The predicted molar refractivity (Wildman–Crippen MR) is 34.0 cm³/mol. The Labute approximate surface area is 55.1 Å². The van der Waals surface area contributed by atoms with Crippen LogP contribution in [0.25, 0.3) is 0 Å². The van der Waals surface area contributed by atoms with Gasteiger partial charge in [0.25, 0.3) is 0 Å². The van der Waals surface area contributed by atoms with Crippen LogP contribution >= 0.6 is 0 Å². The summed E-state index contributed by atoms with van der Waals surface area (Å²) in [6, 6.07) is 0. The molecule has 0 spiro atoms. The van der Waals surface area contributed by atoms with Crippen molar-refractivity contribution in [3.05, 3.63) is 0 Å². The van der Waals surface area contributed by atoms with Gasteiger partial charge < -0.3 is 15.2 Å². The van der Waals surface area contributed by atoms with Crippen molar-refractivity contribution < 1.29 is 9.47 Å². The molecule has 54 valence electrons. The van der Waals surface area contributed by atoms with Gasteiger partial charge in [-0.3, -0.25) is 0 Å². The molecule has 0 aromatic carbocycles. The molecule has 1 heterocycles. The minimum Gasteiger partial charge on any atom is -0.348 e. The van der Waals surface area contributed by atoms with Crippen molar-refractivity contribution in [2.45, 2.75) is 25.7 Å². The monoisotopic (exact) mass is 131 g/mol. The molecule has 0 aromatic rings. The molecule has 0 saturated carbocycles. The van der Waals surface area contributed by atoms with Crippen LogP contribution in [0, 0.1) is 0 Å². The van der Waals surface area contributed by atoms with Crippen LogP contribution in [0.3, 0.4) is 0 Å². The quantitative estimate of drug-likeness (QED) is 0.548. The van der Waals surface area contributed by atoms with Crippen molar-refractivity contribution in [3.63, 3.8) is 0 Å². The molecule has 1 atom stereocenters. The molecular weight excluding hydrogens is 118 g/mol.